The lowest BCUT2D eigenvalue weighted by atomic mass is 10.2. The maximum absolute atomic E-state index is 13.1. The molecule has 0 saturated carbocycles. The number of aromatic nitrogens is 4. The fourth-order valence-electron chi connectivity index (χ4n) is 3.36. The van der Waals surface area contributed by atoms with E-state index in [2.05, 4.69) is 21.7 Å². The smallest absolute Gasteiger partial charge is 0.262 e. The van der Waals surface area contributed by atoms with Crippen molar-refractivity contribution in [2.24, 2.45) is 0 Å². The van der Waals surface area contributed by atoms with Gasteiger partial charge in [0.25, 0.3) is 5.56 Å². The van der Waals surface area contributed by atoms with Crippen molar-refractivity contribution in [3.63, 3.8) is 0 Å². The van der Waals surface area contributed by atoms with Crippen LogP contribution in [0, 0.1) is 0 Å². The number of rotatable bonds is 9. The van der Waals surface area contributed by atoms with Crippen LogP contribution in [0.15, 0.2) is 76.9 Å². The second-order valence-corrected chi connectivity index (χ2v) is 7.90. The molecule has 0 N–H and O–H groups in total. The molecule has 0 aliphatic heterocycles. The Balaban J connectivity index is 1.59. The number of imidazole rings is 1. The highest BCUT2D eigenvalue weighted by atomic mass is 32.2. The lowest BCUT2D eigenvalue weighted by Crippen LogP contribution is -2.24. The Hall–Kier alpha value is -2.90. The number of methoxy groups -OCH3 is 1. The molecule has 2 heterocycles. The molecule has 0 saturated heterocycles. The van der Waals surface area contributed by atoms with Crippen molar-refractivity contribution in [2.75, 3.05) is 13.7 Å². The average molecular weight is 421 g/mol. The van der Waals surface area contributed by atoms with E-state index in [9.17, 15) is 4.79 Å². The number of thioether (sulfide) groups is 1. The van der Waals surface area contributed by atoms with Gasteiger partial charge in [0.15, 0.2) is 5.16 Å². The first kappa shape index (κ1) is 20.4. The molecule has 0 atom stereocenters. The highest BCUT2D eigenvalue weighted by Crippen LogP contribution is 2.22. The van der Waals surface area contributed by atoms with Crippen LogP contribution in [0.2, 0.25) is 0 Å². The van der Waals surface area contributed by atoms with Gasteiger partial charge in [-0.1, -0.05) is 54.2 Å². The van der Waals surface area contributed by atoms with Crippen LogP contribution in [0.25, 0.3) is 10.9 Å². The third-order valence-corrected chi connectivity index (χ3v) is 5.86. The summed E-state index contributed by atoms with van der Waals surface area (Å²) in [6.45, 7) is 1.94. The van der Waals surface area contributed by atoms with Crippen LogP contribution in [-0.2, 0) is 23.6 Å². The number of hydrogen-bond acceptors (Lipinski definition) is 5. The fraction of sp³-hybridized carbons (Fsp3) is 0.261. The maximum atomic E-state index is 13.1. The summed E-state index contributed by atoms with van der Waals surface area (Å²) in [6, 6.07) is 17.8. The molecule has 0 unspecified atom stereocenters. The van der Waals surface area contributed by atoms with E-state index in [0.29, 0.717) is 29.4 Å². The lowest BCUT2D eigenvalue weighted by molar-refractivity contribution is 0.189. The fourth-order valence-corrected chi connectivity index (χ4v) is 4.35. The normalized spacial score (nSPS) is 11.2. The van der Waals surface area contributed by atoms with E-state index in [0.717, 1.165) is 24.3 Å². The summed E-state index contributed by atoms with van der Waals surface area (Å²) < 4.78 is 9.06. The summed E-state index contributed by atoms with van der Waals surface area (Å²) in [5, 5.41) is 1.36. The molecule has 0 radical (unpaired) electrons. The van der Waals surface area contributed by atoms with Crippen molar-refractivity contribution in [1.82, 2.24) is 19.1 Å². The Morgan fingerprint density at radius 2 is 1.87 bits per heavy atom. The molecule has 0 amide bonds. The van der Waals surface area contributed by atoms with Gasteiger partial charge in [-0.25, -0.2) is 9.97 Å². The van der Waals surface area contributed by atoms with Crippen molar-refractivity contribution in [3.05, 3.63) is 88.7 Å². The number of ether oxygens (including phenoxy) is 1. The maximum Gasteiger partial charge on any atom is 0.262 e. The van der Waals surface area contributed by atoms with E-state index in [-0.39, 0.29) is 5.56 Å². The molecule has 7 heteroatoms. The molecule has 6 nitrogen and oxygen atoms in total. The number of fused-ring (bicyclic) bond motifs is 1. The van der Waals surface area contributed by atoms with Gasteiger partial charge < -0.3 is 9.30 Å². The Kier molecular flexibility index (Phi) is 6.61. The standard InChI is InChI=1S/C23H24N4O2S/c1-29-15-7-13-27-22(28)19-10-5-6-11-20(19)25-23(27)30-17-21-24-12-14-26(21)16-18-8-3-2-4-9-18/h2-6,8-12,14H,7,13,15-17H2,1H3. The van der Waals surface area contributed by atoms with Crippen LogP contribution in [-0.4, -0.2) is 32.8 Å². The molecule has 4 rings (SSSR count). The summed E-state index contributed by atoms with van der Waals surface area (Å²) in [6.07, 6.45) is 4.56. The molecule has 0 aliphatic carbocycles. The summed E-state index contributed by atoms with van der Waals surface area (Å²) >= 11 is 1.54. The predicted octanol–water partition coefficient (Wildman–Crippen LogP) is 3.97. The average Bonchev–Trinajstić information content (AvgIpc) is 3.21. The third-order valence-electron chi connectivity index (χ3n) is 4.88. The largest absolute Gasteiger partial charge is 0.385 e. The summed E-state index contributed by atoms with van der Waals surface area (Å²) in [7, 11) is 1.67. The van der Waals surface area contributed by atoms with Gasteiger partial charge in [-0.05, 0) is 24.1 Å². The van der Waals surface area contributed by atoms with E-state index < -0.39 is 0 Å². The predicted molar refractivity (Wildman–Crippen MR) is 120 cm³/mol. The van der Waals surface area contributed by atoms with E-state index in [4.69, 9.17) is 9.72 Å². The quantitative estimate of drug-likeness (QED) is 0.233. The van der Waals surface area contributed by atoms with Gasteiger partial charge in [0, 0.05) is 39.2 Å². The minimum atomic E-state index is -0.00756. The highest BCUT2D eigenvalue weighted by Gasteiger charge is 2.13. The van der Waals surface area contributed by atoms with Crippen LogP contribution >= 0.6 is 11.8 Å². The molecule has 30 heavy (non-hydrogen) atoms. The van der Waals surface area contributed by atoms with Gasteiger partial charge in [-0.2, -0.15) is 0 Å². The summed E-state index contributed by atoms with van der Waals surface area (Å²) in [4.78, 5) is 22.4. The summed E-state index contributed by atoms with van der Waals surface area (Å²) in [5.41, 5.74) is 1.94. The first-order chi connectivity index (χ1) is 14.8. The zero-order valence-corrected chi connectivity index (χ0v) is 17.7. The molecule has 0 fully saturated rings. The first-order valence-electron chi connectivity index (χ1n) is 9.91. The minimum Gasteiger partial charge on any atom is -0.385 e. The zero-order chi connectivity index (χ0) is 20.8. The van der Waals surface area contributed by atoms with Crippen molar-refractivity contribution in [3.8, 4) is 0 Å². The third kappa shape index (κ3) is 4.63. The molecule has 0 aliphatic rings. The van der Waals surface area contributed by atoms with E-state index in [1.54, 1.807) is 23.4 Å². The van der Waals surface area contributed by atoms with E-state index >= 15 is 0 Å². The zero-order valence-electron chi connectivity index (χ0n) is 16.9. The van der Waals surface area contributed by atoms with Gasteiger partial charge in [0.2, 0.25) is 0 Å². The minimum absolute atomic E-state index is 0.00756. The second kappa shape index (κ2) is 9.73. The molecule has 2 aromatic heterocycles. The number of para-hydroxylation sites is 1. The van der Waals surface area contributed by atoms with Crippen molar-refractivity contribution < 1.29 is 4.74 Å². The molecule has 0 bridgehead atoms. The Morgan fingerprint density at radius 3 is 2.70 bits per heavy atom. The van der Waals surface area contributed by atoms with Gasteiger partial charge in [0.05, 0.1) is 16.7 Å². The van der Waals surface area contributed by atoms with Crippen molar-refractivity contribution >= 4 is 22.7 Å². The second-order valence-electron chi connectivity index (χ2n) is 6.96. The van der Waals surface area contributed by atoms with Gasteiger partial charge in [-0.3, -0.25) is 9.36 Å². The number of hydrogen-bond donors (Lipinski definition) is 0. The van der Waals surface area contributed by atoms with Crippen LogP contribution in [0.5, 0.6) is 0 Å². The van der Waals surface area contributed by atoms with Gasteiger partial charge in [0.1, 0.15) is 5.82 Å². The molecule has 2 aromatic carbocycles. The lowest BCUT2D eigenvalue weighted by Gasteiger charge is -2.13. The molecule has 0 spiro atoms. The Bertz CT molecular complexity index is 1170. The number of nitrogens with zero attached hydrogens (tertiary/aromatic N) is 4. The van der Waals surface area contributed by atoms with E-state index in [1.165, 1.54) is 5.56 Å². The molecule has 4 aromatic rings. The highest BCUT2D eigenvalue weighted by molar-refractivity contribution is 7.98. The SMILES string of the molecule is COCCCn1c(SCc2nccn2Cc2ccccc2)nc2ccccc2c1=O. The molecule has 154 valence electrons. The first-order valence-corrected chi connectivity index (χ1v) is 10.9. The van der Waals surface area contributed by atoms with Crippen LogP contribution < -0.4 is 5.56 Å². The van der Waals surface area contributed by atoms with E-state index in [1.807, 2.05) is 54.9 Å². The van der Waals surface area contributed by atoms with Gasteiger partial charge >= 0.3 is 0 Å². The van der Waals surface area contributed by atoms with Crippen LogP contribution in [0.4, 0.5) is 0 Å². The van der Waals surface area contributed by atoms with Crippen LogP contribution in [0.1, 0.15) is 17.8 Å². The molecular weight excluding hydrogens is 396 g/mol. The van der Waals surface area contributed by atoms with Crippen molar-refractivity contribution in [2.45, 2.75) is 30.4 Å². The monoisotopic (exact) mass is 420 g/mol. The molecular formula is C23H24N4O2S. The van der Waals surface area contributed by atoms with Gasteiger partial charge in [-0.15, -0.1) is 0 Å². The van der Waals surface area contributed by atoms with Crippen molar-refractivity contribution in [1.29, 1.82) is 0 Å². The Morgan fingerprint density at radius 1 is 1.07 bits per heavy atom. The number of benzene rings is 2. The Labute approximate surface area is 179 Å². The van der Waals surface area contributed by atoms with Crippen LogP contribution in [0.3, 0.4) is 0 Å². The topological polar surface area (TPSA) is 61.9 Å². The summed E-state index contributed by atoms with van der Waals surface area (Å²) in [5.74, 6) is 1.59.